The van der Waals surface area contributed by atoms with Crippen molar-refractivity contribution in [2.45, 2.75) is 43.9 Å². The highest BCUT2D eigenvalue weighted by atomic mass is 32.2. The molecule has 1 heterocycles. The first-order chi connectivity index (χ1) is 9.97. The SMILES string of the molecule is Cc1ccc(Sc2nc(NN)nc(OC(C)C)n2)c(C)c1. The van der Waals surface area contributed by atoms with Crippen molar-refractivity contribution in [3.8, 4) is 6.01 Å². The molecule has 0 spiro atoms. The van der Waals surface area contributed by atoms with Gasteiger partial charge in [0.1, 0.15) is 0 Å². The van der Waals surface area contributed by atoms with Crippen LogP contribution in [0, 0.1) is 13.8 Å². The topological polar surface area (TPSA) is 86.0 Å². The van der Waals surface area contributed by atoms with Gasteiger partial charge in [0.2, 0.25) is 11.1 Å². The maximum absolute atomic E-state index is 5.51. The Kier molecular flexibility index (Phi) is 4.98. The van der Waals surface area contributed by atoms with Gasteiger partial charge in [-0.2, -0.15) is 15.0 Å². The lowest BCUT2D eigenvalue weighted by Crippen LogP contribution is -2.15. The molecule has 6 nitrogen and oxygen atoms in total. The molecule has 0 saturated heterocycles. The second kappa shape index (κ2) is 6.73. The van der Waals surface area contributed by atoms with Crippen LogP contribution in [0.1, 0.15) is 25.0 Å². The largest absolute Gasteiger partial charge is 0.461 e. The summed E-state index contributed by atoms with van der Waals surface area (Å²) in [6, 6.07) is 6.50. The van der Waals surface area contributed by atoms with Crippen molar-refractivity contribution in [3.05, 3.63) is 29.3 Å². The van der Waals surface area contributed by atoms with Gasteiger partial charge in [0.05, 0.1) is 6.10 Å². The molecule has 0 radical (unpaired) electrons. The molecule has 1 aromatic heterocycles. The van der Waals surface area contributed by atoms with Crippen LogP contribution in [-0.4, -0.2) is 21.1 Å². The minimum absolute atomic E-state index is 0.0167. The van der Waals surface area contributed by atoms with Crippen LogP contribution >= 0.6 is 11.8 Å². The lowest BCUT2D eigenvalue weighted by molar-refractivity contribution is 0.219. The fraction of sp³-hybridized carbons (Fsp3) is 0.357. The maximum Gasteiger partial charge on any atom is 0.322 e. The first-order valence-electron chi connectivity index (χ1n) is 6.62. The smallest absolute Gasteiger partial charge is 0.322 e. The normalized spacial score (nSPS) is 10.8. The molecule has 0 aliphatic heterocycles. The molecule has 0 atom stereocenters. The van der Waals surface area contributed by atoms with Gasteiger partial charge in [-0.05, 0) is 51.1 Å². The number of nitrogens with zero attached hydrogens (tertiary/aromatic N) is 3. The summed E-state index contributed by atoms with van der Waals surface area (Å²) in [6.45, 7) is 7.95. The number of nitrogens with two attached hydrogens (primary N) is 1. The van der Waals surface area contributed by atoms with E-state index in [4.69, 9.17) is 10.6 Å². The highest BCUT2D eigenvalue weighted by Gasteiger charge is 2.11. The van der Waals surface area contributed by atoms with Gasteiger partial charge >= 0.3 is 6.01 Å². The molecule has 21 heavy (non-hydrogen) atoms. The molecule has 0 aliphatic carbocycles. The van der Waals surface area contributed by atoms with E-state index in [1.807, 2.05) is 13.8 Å². The van der Waals surface area contributed by atoms with Gasteiger partial charge in [-0.15, -0.1) is 0 Å². The van der Waals surface area contributed by atoms with Crippen molar-refractivity contribution in [3.63, 3.8) is 0 Å². The van der Waals surface area contributed by atoms with E-state index in [9.17, 15) is 0 Å². The predicted molar refractivity (Wildman–Crippen MR) is 83.4 cm³/mol. The highest BCUT2D eigenvalue weighted by Crippen LogP contribution is 2.29. The second-order valence-corrected chi connectivity index (χ2v) is 5.92. The van der Waals surface area contributed by atoms with Gasteiger partial charge in [0.15, 0.2) is 0 Å². The Labute approximate surface area is 128 Å². The van der Waals surface area contributed by atoms with Gasteiger partial charge in [0.25, 0.3) is 0 Å². The number of nitrogens with one attached hydrogen (secondary N) is 1. The fourth-order valence-electron chi connectivity index (χ4n) is 1.72. The summed E-state index contributed by atoms with van der Waals surface area (Å²) in [5, 5.41) is 0.542. The Morgan fingerprint density at radius 2 is 1.95 bits per heavy atom. The third kappa shape index (κ3) is 4.30. The van der Waals surface area contributed by atoms with E-state index in [0.29, 0.717) is 5.16 Å². The van der Waals surface area contributed by atoms with Crippen LogP contribution in [0.2, 0.25) is 0 Å². The zero-order valence-corrected chi connectivity index (χ0v) is 13.4. The summed E-state index contributed by atoms with van der Waals surface area (Å²) in [6.07, 6.45) is -0.0167. The Hall–Kier alpha value is -1.86. The van der Waals surface area contributed by atoms with Crippen LogP contribution < -0.4 is 16.0 Å². The first kappa shape index (κ1) is 15.5. The van der Waals surface area contributed by atoms with Crippen molar-refractivity contribution in [2.24, 2.45) is 5.84 Å². The Morgan fingerprint density at radius 1 is 1.19 bits per heavy atom. The van der Waals surface area contributed by atoms with Crippen LogP contribution in [-0.2, 0) is 0 Å². The number of aromatic nitrogens is 3. The summed E-state index contributed by atoms with van der Waals surface area (Å²) in [4.78, 5) is 13.7. The third-order valence-electron chi connectivity index (χ3n) is 2.60. The lowest BCUT2D eigenvalue weighted by atomic mass is 10.2. The lowest BCUT2D eigenvalue weighted by Gasteiger charge is -2.10. The second-order valence-electron chi connectivity index (χ2n) is 4.91. The van der Waals surface area contributed by atoms with Gasteiger partial charge in [0, 0.05) is 4.90 Å². The van der Waals surface area contributed by atoms with Crippen LogP contribution in [0.3, 0.4) is 0 Å². The number of ether oxygens (including phenoxy) is 1. The molecule has 7 heteroatoms. The van der Waals surface area contributed by atoms with E-state index < -0.39 is 0 Å². The number of benzene rings is 1. The number of hydrazine groups is 1. The van der Waals surface area contributed by atoms with Gasteiger partial charge in [-0.25, -0.2) is 5.84 Å². The fourth-order valence-corrected chi connectivity index (χ4v) is 2.53. The number of hydrogen-bond acceptors (Lipinski definition) is 7. The molecule has 0 saturated carbocycles. The Morgan fingerprint density at radius 3 is 2.57 bits per heavy atom. The summed E-state index contributed by atoms with van der Waals surface area (Å²) in [5.41, 5.74) is 4.83. The van der Waals surface area contributed by atoms with E-state index in [1.54, 1.807) is 0 Å². The molecule has 0 bridgehead atoms. The Bertz CT molecular complexity index is 633. The molecule has 112 valence electrons. The molecule has 0 fully saturated rings. The number of anilines is 1. The number of rotatable bonds is 5. The monoisotopic (exact) mass is 305 g/mol. The standard InChI is InChI=1S/C14H19N5OS/c1-8(2)20-13-16-12(19-15)17-14(18-13)21-11-6-5-9(3)7-10(11)4/h5-8H,15H2,1-4H3,(H,16,17,18,19). The number of nitrogen functional groups attached to an aromatic ring is 1. The van der Waals surface area contributed by atoms with Crippen LogP contribution in [0.15, 0.2) is 28.3 Å². The Balaban J connectivity index is 2.29. The van der Waals surface area contributed by atoms with E-state index in [2.05, 4.69) is 52.4 Å². The average molecular weight is 305 g/mol. The van der Waals surface area contributed by atoms with Crippen LogP contribution in [0.4, 0.5) is 5.95 Å². The molecular weight excluding hydrogens is 286 g/mol. The molecule has 2 rings (SSSR count). The predicted octanol–water partition coefficient (Wildman–Crippen LogP) is 2.71. The van der Waals surface area contributed by atoms with Crippen LogP contribution in [0.5, 0.6) is 6.01 Å². The molecule has 0 amide bonds. The summed E-state index contributed by atoms with van der Waals surface area (Å²) in [5.74, 6) is 5.68. The average Bonchev–Trinajstić information content (AvgIpc) is 2.41. The zero-order valence-electron chi connectivity index (χ0n) is 12.5. The van der Waals surface area contributed by atoms with Crippen molar-refractivity contribution >= 4 is 17.7 Å². The first-order valence-corrected chi connectivity index (χ1v) is 7.44. The van der Waals surface area contributed by atoms with Gasteiger partial charge in [-0.1, -0.05) is 17.7 Å². The summed E-state index contributed by atoms with van der Waals surface area (Å²) in [7, 11) is 0. The van der Waals surface area contributed by atoms with Crippen LogP contribution in [0.25, 0.3) is 0 Å². The minimum atomic E-state index is -0.0167. The molecule has 0 unspecified atom stereocenters. The molecular formula is C14H19N5OS. The molecule has 1 aromatic carbocycles. The van der Waals surface area contributed by atoms with E-state index >= 15 is 0 Å². The quantitative estimate of drug-likeness (QED) is 0.648. The molecule has 3 N–H and O–H groups in total. The number of hydrogen-bond donors (Lipinski definition) is 2. The summed E-state index contributed by atoms with van der Waals surface area (Å²) < 4.78 is 5.51. The van der Waals surface area contributed by atoms with E-state index in [1.165, 1.54) is 22.9 Å². The van der Waals surface area contributed by atoms with Crippen molar-refractivity contribution in [1.29, 1.82) is 0 Å². The van der Waals surface area contributed by atoms with E-state index in [-0.39, 0.29) is 18.1 Å². The zero-order chi connectivity index (χ0) is 15.4. The van der Waals surface area contributed by atoms with E-state index in [0.717, 1.165) is 4.90 Å². The highest BCUT2D eigenvalue weighted by molar-refractivity contribution is 7.99. The third-order valence-corrected chi connectivity index (χ3v) is 3.64. The summed E-state index contributed by atoms with van der Waals surface area (Å²) >= 11 is 1.46. The minimum Gasteiger partial charge on any atom is -0.461 e. The van der Waals surface area contributed by atoms with Gasteiger partial charge in [-0.3, -0.25) is 5.43 Å². The maximum atomic E-state index is 5.51. The van der Waals surface area contributed by atoms with Crippen molar-refractivity contribution < 1.29 is 4.74 Å². The molecule has 2 aromatic rings. The van der Waals surface area contributed by atoms with Crippen molar-refractivity contribution in [1.82, 2.24) is 15.0 Å². The van der Waals surface area contributed by atoms with Crippen molar-refractivity contribution in [2.75, 3.05) is 5.43 Å². The van der Waals surface area contributed by atoms with Gasteiger partial charge < -0.3 is 4.74 Å². The number of aryl methyl sites for hydroxylation is 2. The molecule has 0 aliphatic rings.